The highest BCUT2D eigenvalue weighted by Gasteiger charge is 2.32. The van der Waals surface area contributed by atoms with E-state index in [4.69, 9.17) is 5.73 Å². The Kier molecular flexibility index (Phi) is 3.37. The Balaban J connectivity index is 1.58. The van der Waals surface area contributed by atoms with Gasteiger partial charge in [-0.25, -0.2) is 0 Å². The number of hydrogen-bond acceptors (Lipinski definition) is 2. The molecule has 2 heteroatoms. The van der Waals surface area contributed by atoms with Crippen molar-refractivity contribution in [2.45, 2.75) is 31.7 Å². The van der Waals surface area contributed by atoms with E-state index in [9.17, 15) is 0 Å². The lowest BCUT2D eigenvalue weighted by atomic mass is 9.82. The molecule has 18 heavy (non-hydrogen) atoms. The topological polar surface area (TPSA) is 29.3 Å². The molecule has 3 aliphatic heterocycles. The second-order valence-electron chi connectivity index (χ2n) is 5.68. The highest BCUT2D eigenvalue weighted by molar-refractivity contribution is 5.55. The summed E-state index contributed by atoms with van der Waals surface area (Å²) in [4.78, 5) is 2.67. The molecule has 0 aromatic heterocycles. The number of hydrogen-bond donors (Lipinski definition) is 1. The third kappa shape index (κ3) is 2.59. The zero-order valence-corrected chi connectivity index (χ0v) is 10.9. The van der Waals surface area contributed by atoms with Gasteiger partial charge in [-0.15, -0.1) is 0 Å². The molecule has 1 aromatic carbocycles. The highest BCUT2D eigenvalue weighted by atomic mass is 15.2. The van der Waals surface area contributed by atoms with Gasteiger partial charge in [0.15, 0.2) is 0 Å². The number of piperidine rings is 3. The summed E-state index contributed by atoms with van der Waals surface area (Å²) in [6, 6.07) is 8.88. The van der Waals surface area contributed by atoms with Gasteiger partial charge in [0.1, 0.15) is 0 Å². The number of benzene rings is 1. The maximum atomic E-state index is 5.78. The van der Waals surface area contributed by atoms with Crippen LogP contribution in [0.5, 0.6) is 0 Å². The molecule has 2 nitrogen and oxygen atoms in total. The predicted molar refractivity (Wildman–Crippen MR) is 77.2 cm³/mol. The maximum absolute atomic E-state index is 5.78. The SMILES string of the molecule is Nc1cccc(C=CCC2CC3CCN2CC3)c1. The van der Waals surface area contributed by atoms with Gasteiger partial charge >= 0.3 is 0 Å². The Morgan fingerprint density at radius 1 is 1.28 bits per heavy atom. The van der Waals surface area contributed by atoms with Crippen molar-refractivity contribution < 1.29 is 0 Å². The van der Waals surface area contributed by atoms with E-state index in [1.807, 2.05) is 18.2 Å². The minimum absolute atomic E-state index is 0.787. The molecule has 2 N–H and O–H groups in total. The van der Waals surface area contributed by atoms with Gasteiger partial charge in [0.25, 0.3) is 0 Å². The van der Waals surface area contributed by atoms with Gasteiger partial charge in [-0.1, -0.05) is 24.3 Å². The van der Waals surface area contributed by atoms with Crippen molar-refractivity contribution >= 4 is 11.8 Å². The lowest BCUT2D eigenvalue weighted by Gasteiger charge is -2.45. The number of nitrogen functional groups attached to an aromatic ring is 1. The molecule has 1 aromatic rings. The molecule has 0 saturated carbocycles. The van der Waals surface area contributed by atoms with Crippen LogP contribution < -0.4 is 5.73 Å². The Morgan fingerprint density at radius 3 is 2.78 bits per heavy atom. The quantitative estimate of drug-likeness (QED) is 0.825. The van der Waals surface area contributed by atoms with Crippen LogP contribution in [-0.4, -0.2) is 24.0 Å². The molecular formula is C16H22N2. The molecule has 0 spiro atoms. The van der Waals surface area contributed by atoms with Crippen LogP contribution in [0, 0.1) is 5.92 Å². The van der Waals surface area contributed by atoms with Gasteiger partial charge in [-0.3, -0.25) is 0 Å². The van der Waals surface area contributed by atoms with Crippen LogP contribution in [0.1, 0.15) is 31.2 Å². The molecule has 0 radical (unpaired) electrons. The van der Waals surface area contributed by atoms with Crippen molar-refractivity contribution in [3.63, 3.8) is 0 Å². The normalized spacial score (nSPS) is 31.0. The number of anilines is 1. The van der Waals surface area contributed by atoms with Crippen LogP contribution in [0.25, 0.3) is 6.08 Å². The van der Waals surface area contributed by atoms with Crippen molar-refractivity contribution in [3.8, 4) is 0 Å². The first-order valence-electron chi connectivity index (χ1n) is 7.07. The minimum atomic E-state index is 0.787. The number of fused-ring (bicyclic) bond motifs is 3. The second-order valence-corrected chi connectivity index (χ2v) is 5.68. The van der Waals surface area contributed by atoms with Crippen LogP contribution in [0.2, 0.25) is 0 Å². The number of rotatable bonds is 3. The van der Waals surface area contributed by atoms with Crippen LogP contribution in [0.3, 0.4) is 0 Å². The molecule has 3 saturated heterocycles. The largest absolute Gasteiger partial charge is 0.399 e. The average Bonchev–Trinajstić information content (AvgIpc) is 2.40. The molecule has 1 unspecified atom stereocenters. The smallest absolute Gasteiger partial charge is 0.0319 e. The summed E-state index contributed by atoms with van der Waals surface area (Å²) in [7, 11) is 0. The summed E-state index contributed by atoms with van der Waals surface area (Å²) >= 11 is 0. The van der Waals surface area contributed by atoms with E-state index in [0.29, 0.717) is 0 Å². The first kappa shape index (κ1) is 11.8. The number of nitrogens with zero attached hydrogens (tertiary/aromatic N) is 1. The summed E-state index contributed by atoms with van der Waals surface area (Å²) in [5, 5.41) is 0. The fourth-order valence-electron chi connectivity index (χ4n) is 3.36. The zero-order valence-electron chi connectivity index (χ0n) is 10.9. The van der Waals surface area contributed by atoms with Gasteiger partial charge in [0, 0.05) is 11.7 Å². The fourth-order valence-corrected chi connectivity index (χ4v) is 3.36. The van der Waals surface area contributed by atoms with Crippen molar-refractivity contribution in [1.82, 2.24) is 4.90 Å². The maximum Gasteiger partial charge on any atom is 0.0319 e. The molecule has 2 bridgehead atoms. The molecule has 1 atom stereocenters. The van der Waals surface area contributed by atoms with Gasteiger partial charge in [0.05, 0.1) is 0 Å². The molecule has 3 aliphatic rings. The van der Waals surface area contributed by atoms with Gasteiger partial charge < -0.3 is 10.6 Å². The van der Waals surface area contributed by atoms with Crippen molar-refractivity contribution in [3.05, 3.63) is 35.9 Å². The summed E-state index contributed by atoms with van der Waals surface area (Å²) in [6.45, 7) is 2.64. The molecule has 3 fully saturated rings. The first-order chi connectivity index (χ1) is 8.81. The number of nitrogens with two attached hydrogens (primary N) is 1. The van der Waals surface area contributed by atoms with Crippen LogP contribution in [-0.2, 0) is 0 Å². The van der Waals surface area contributed by atoms with E-state index in [1.165, 1.54) is 44.3 Å². The Morgan fingerprint density at radius 2 is 2.11 bits per heavy atom. The standard InChI is InChI=1S/C16H22N2/c17-15-5-1-3-13(11-15)4-2-6-16-12-14-7-9-18(16)10-8-14/h1-5,11,14,16H,6-10,12,17H2. The van der Waals surface area contributed by atoms with Gasteiger partial charge in [-0.2, -0.15) is 0 Å². The van der Waals surface area contributed by atoms with Gasteiger partial charge in [-0.05, 0) is 62.4 Å². The van der Waals surface area contributed by atoms with E-state index in [2.05, 4.69) is 23.1 Å². The first-order valence-corrected chi connectivity index (χ1v) is 7.07. The Hall–Kier alpha value is -1.28. The van der Waals surface area contributed by atoms with Crippen molar-refractivity contribution in [2.24, 2.45) is 5.92 Å². The summed E-state index contributed by atoms with van der Waals surface area (Å²) in [5.41, 5.74) is 7.84. The minimum Gasteiger partial charge on any atom is -0.399 e. The average molecular weight is 242 g/mol. The van der Waals surface area contributed by atoms with E-state index < -0.39 is 0 Å². The Labute approximate surface area is 109 Å². The van der Waals surface area contributed by atoms with Gasteiger partial charge in [0.2, 0.25) is 0 Å². The molecule has 4 rings (SSSR count). The predicted octanol–water partition coefficient (Wildman–Crippen LogP) is 3.16. The highest BCUT2D eigenvalue weighted by Crippen LogP contribution is 2.33. The van der Waals surface area contributed by atoms with Crippen LogP contribution in [0.15, 0.2) is 30.3 Å². The summed E-state index contributed by atoms with van der Waals surface area (Å²) in [5.74, 6) is 1.00. The lowest BCUT2D eigenvalue weighted by molar-refractivity contribution is 0.0513. The van der Waals surface area contributed by atoms with Crippen molar-refractivity contribution in [2.75, 3.05) is 18.8 Å². The molecular weight excluding hydrogens is 220 g/mol. The third-order valence-electron chi connectivity index (χ3n) is 4.40. The van der Waals surface area contributed by atoms with Crippen molar-refractivity contribution in [1.29, 1.82) is 0 Å². The Bertz CT molecular complexity index is 430. The third-order valence-corrected chi connectivity index (χ3v) is 4.40. The monoisotopic (exact) mass is 242 g/mol. The summed E-state index contributed by atoms with van der Waals surface area (Å²) < 4.78 is 0. The fraction of sp³-hybridized carbons (Fsp3) is 0.500. The molecule has 96 valence electrons. The molecule has 0 amide bonds. The van der Waals surface area contributed by atoms with E-state index in [0.717, 1.165) is 17.6 Å². The molecule has 3 heterocycles. The molecule has 0 aliphatic carbocycles. The van der Waals surface area contributed by atoms with Crippen LogP contribution >= 0.6 is 0 Å². The second kappa shape index (κ2) is 5.15. The van der Waals surface area contributed by atoms with E-state index in [-0.39, 0.29) is 0 Å². The zero-order chi connectivity index (χ0) is 12.4. The van der Waals surface area contributed by atoms with Crippen LogP contribution in [0.4, 0.5) is 5.69 Å². The lowest BCUT2D eigenvalue weighted by Crippen LogP contribution is -2.48. The summed E-state index contributed by atoms with van der Waals surface area (Å²) in [6.07, 6.45) is 9.97. The van der Waals surface area contributed by atoms with E-state index in [1.54, 1.807) is 0 Å². The van der Waals surface area contributed by atoms with E-state index >= 15 is 0 Å².